The minimum Gasteiger partial charge on any atom is -0.493 e. The van der Waals surface area contributed by atoms with Crippen LogP contribution in [-0.4, -0.2) is 22.1 Å². The van der Waals surface area contributed by atoms with Crippen molar-refractivity contribution in [1.82, 2.24) is 15.0 Å². The van der Waals surface area contributed by atoms with Gasteiger partial charge in [0.05, 0.1) is 24.1 Å². The van der Waals surface area contributed by atoms with Gasteiger partial charge in [-0.2, -0.15) is 13.2 Å². The summed E-state index contributed by atoms with van der Waals surface area (Å²) < 4.78 is 49.1. The van der Waals surface area contributed by atoms with Crippen LogP contribution in [-0.2, 0) is 12.8 Å². The number of aromatic amines is 1. The van der Waals surface area contributed by atoms with E-state index in [0.29, 0.717) is 17.2 Å². The van der Waals surface area contributed by atoms with E-state index in [1.165, 1.54) is 13.2 Å². The van der Waals surface area contributed by atoms with E-state index >= 15 is 0 Å². The summed E-state index contributed by atoms with van der Waals surface area (Å²) in [4.78, 5) is 11.6. The summed E-state index contributed by atoms with van der Waals surface area (Å²) in [5.41, 5.74) is 2.12. The quantitative estimate of drug-likeness (QED) is 0.428. The van der Waals surface area contributed by atoms with Gasteiger partial charge in [0.25, 0.3) is 0 Å². The molecule has 0 bridgehead atoms. The summed E-state index contributed by atoms with van der Waals surface area (Å²) in [5.74, 6) is 1.68. The first kappa shape index (κ1) is 20.5. The third kappa shape index (κ3) is 4.69. The lowest BCUT2D eigenvalue weighted by atomic mass is 10.1. The Bertz CT molecular complexity index is 1160. The van der Waals surface area contributed by atoms with Crippen molar-refractivity contribution >= 4 is 0 Å². The molecule has 8 heteroatoms. The molecule has 158 valence electrons. The van der Waals surface area contributed by atoms with Crippen molar-refractivity contribution in [2.24, 2.45) is 0 Å². The number of alkyl halides is 3. The van der Waals surface area contributed by atoms with Crippen LogP contribution in [0.25, 0.3) is 22.6 Å². The predicted molar refractivity (Wildman–Crippen MR) is 110 cm³/mol. The van der Waals surface area contributed by atoms with Crippen molar-refractivity contribution in [3.8, 4) is 34.1 Å². The molecular weight excluding hydrogens is 407 g/mol. The summed E-state index contributed by atoms with van der Waals surface area (Å²) in [6.07, 6.45) is -1.82. The first-order chi connectivity index (χ1) is 14.9. The number of ether oxygens (including phenoxy) is 2. The molecule has 31 heavy (non-hydrogen) atoms. The van der Waals surface area contributed by atoms with Crippen LogP contribution in [0, 0.1) is 0 Å². The van der Waals surface area contributed by atoms with E-state index in [2.05, 4.69) is 15.0 Å². The number of nitrogens with zero attached hydrogens (tertiary/aromatic N) is 2. The fraction of sp³-hybridized carbons (Fsp3) is 0.130. The minimum atomic E-state index is -4.42. The number of benzene rings is 2. The summed E-state index contributed by atoms with van der Waals surface area (Å²) in [7, 11) is 1.52. The Morgan fingerprint density at radius 3 is 2.42 bits per heavy atom. The van der Waals surface area contributed by atoms with Gasteiger partial charge in [-0.05, 0) is 30.3 Å². The maximum Gasteiger partial charge on any atom is 0.417 e. The lowest BCUT2D eigenvalue weighted by molar-refractivity contribution is -0.137. The van der Waals surface area contributed by atoms with E-state index in [0.717, 1.165) is 34.9 Å². The average molecular weight is 425 g/mol. The predicted octanol–water partition coefficient (Wildman–Crippen LogP) is 5.75. The Balaban J connectivity index is 1.49. The van der Waals surface area contributed by atoms with E-state index in [9.17, 15) is 13.2 Å². The van der Waals surface area contributed by atoms with Gasteiger partial charge < -0.3 is 14.5 Å². The Morgan fingerprint density at radius 1 is 0.935 bits per heavy atom. The number of methoxy groups -OCH3 is 1. The monoisotopic (exact) mass is 425 g/mol. The Morgan fingerprint density at radius 2 is 1.74 bits per heavy atom. The van der Waals surface area contributed by atoms with Crippen molar-refractivity contribution < 1.29 is 22.6 Å². The molecule has 0 spiro atoms. The topological polar surface area (TPSA) is 60.0 Å². The second-order valence-electron chi connectivity index (χ2n) is 6.69. The molecule has 0 atom stereocenters. The van der Waals surface area contributed by atoms with Crippen LogP contribution >= 0.6 is 0 Å². The van der Waals surface area contributed by atoms with Crippen LogP contribution < -0.4 is 9.47 Å². The van der Waals surface area contributed by atoms with Gasteiger partial charge in [-0.15, -0.1) is 0 Å². The van der Waals surface area contributed by atoms with E-state index in [-0.39, 0.29) is 6.61 Å². The molecule has 0 saturated heterocycles. The highest BCUT2D eigenvalue weighted by molar-refractivity contribution is 5.67. The number of pyridine rings is 1. The zero-order chi connectivity index (χ0) is 21.8. The highest BCUT2D eigenvalue weighted by Gasteiger charge is 2.30. The molecule has 0 aliphatic carbocycles. The second kappa shape index (κ2) is 8.51. The molecule has 2 heterocycles. The largest absolute Gasteiger partial charge is 0.493 e. The van der Waals surface area contributed by atoms with Gasteiger partial charge in [-0.3, -0.25) is 4.98 Å². The number of hydrogen-bond donors (Lipinski definition) is 1. The van der Waals surface area contributed by atoms with Gasteiger partial charge in [-0.25, -0.2) is 4.98 Å². The van der Waals surface area contributed by atoms with Crippen molar-refractivity contribution in [1.29, 1.82) is 0 Å². The molecule has 2 aromatic carbocycles. The van der Waals surface area contributed by atoms with Crippen LogP contribution in [0.15, 0.2) is 73.1 Å². The maximum atomic E-state index is 12.6. The van der Waals surface area contributed by atoms with Crippen molar-refractivity contribution in [3.05, 3.63) is 84.3 Å². The van der Waals surface area contributed by atoms with Gasteiger partial charge >= 0.3 is 6.18 Å². The average Bonchev–Trinajstić information content (AvgIpc) is 3.28. The van der Waals surface area contributed by atoms with Gasteiger partial charge in [0.2, 0.25) is 0 Å². The van der Waals surface area contributed by atoms with E-state index in [4.69, 9.17) is 9.47 Å². The van der Waals surface area contributed by atoms with Crippen LogP contribution in [0.3, 0.4) is 0 Å². The zero-order valence-corrected chi connectivity index (χ0v) is 16.5. The molecule has 0 radical (unpaired) electrons. The van der Waals surface area contributed by atoms with Crippen LogP contribution in [0.2, 0.25) is 0 Å². The van der Waals surface area contributed by atoms with Crippen LogP contribution in [0.1, 0.15) is 11.3 Å². The van der Waals surface area contributed by atoms with E-state index in [1.807, 2.05) is 42.6 Å². The molecule has 1 N–H and O–H groups in total. The van der Waals surface area contributed by atoms with Crippen molar-refractivity contribution in [2.75, 3.05) is 7.11 Å². The molecule has 0 aliphatic rings. The number of nitrogens with one attached hydrogen (secondary N) is 1. The molecule has 4 aromatic rings. The minimum absolute atomic E-state index is 0.00834. The highest BCUT2D eigenvalue weighted by atomic mass is 19.4. The number of halogens is 3. The Kier molecular flexibility index (Phi) is 5.62. The maximum absolute atomic E-state index is 12.6. The van der Waals surface area contributed by atoms with Crippen LogP contribution in [0.5, 0.6) is 11.5 Å². The molecule has 4 rings (SSSR count). The Labute approximate surface area is 176 Å². The van der Waals surface area contributed by atoms with Crippen LogP contribution in [0.4, 0.5) is 13.2 Å². The van der Waals surface area contributed by atoms with Gasteiger partial charge in [0, 0.05) is 23.5 Å². The zero-order valence-electron chi connectivity index (χ0n) is 16.5. The SMILES string of the molecule is COc1cc(-c2c[nH]c(-c3ccccc3)n2)ccc1OCc1ccc(C(F)(F)F)cn1. The summed E-state index contributed by atoms with van der Waals surface area (Å²) in [6.45, 7) is 0.00834. The summed E-state index contributed by atoms with van der Waals surface area (Å²) >= 11 is 0. The third-order valence-electron chi connectivity index (χ3n) is 4.61. The van der Waals surface area contributed by atoms with Crippen molar-refractivity contribution in [2.45, 2.75) is 12.8 Å². The van der Waals surface area contributed by atoms with Gasteiger partial charge in [-0.1, -0.05) is 30.3 Å². The smallest absolute Gasteiger partial charge is 0.417 e. The number of hydrogen-bond acceptors (Lipinski definition) is 4. The van der Waals surface area contributed by atoms with Gasteiger partial charge in [0.1, 0.15) is 12.4 Å². The first-order valence-electron chi connectivity index (χ1n) is 9.38. The number of H-pyrrole nitrogens is 1. The molecule has 0 saturated carbocycles. The molecule has 0 aliphatic heterocycles. The fourth-order valence-electron chi connectivity index (χ4n) is 2.99. The standard InChI is InChI=1S/C23H18F3N3O2/c1-30-21-11-16(19-13-28-22(29-19)15-5-3-2-4-6-15)7-10-20(21)31-14-18-9-8-17(12-27-18)23(24,25)26/h2-13H,14H2,1H3,(H,28,29). The number of imidazole rings is 1. The summed E-state index contributed by atoms with van der Waals surface area (Å²) in [6, 6.07) is 17.4. The normalized spacial score (nSPS) is 11.4. The molecule has 5 nitrogen and oxygen atoms in total. The van der Waals surface area contributed by atoms with Crippen molar-refractivity contribution in [3.63, 3.8) is 0 Å². The first-order valence-corrected chi connectivity index (χ1v) is 9.38. The Hall–Kier alpha value is -3.81. The molecule has 0 amide bonds. The molecule has 0 fully saturated rings. The lowest BCUT2D eigenvalue weighted by Gasteiger charge is -2.12. The van der Waals surface area contributed by atoms with E-state index < -0.39 is 11.7 Å². The second-order valence-corrected chi connectivity index (χ2v) is 6.69. The van der Waals surface area contributed by atoms with E-state index in [1.54, 1.807) is 12.1 Å². The number of rotatable bonds is 6. The molecule has 2 aromatic heterocycles. The fourth-order valence-corrected chi connectivity index (χ4v) is 2.99. The highest BCUT2D eigenvalue weighted by Crippen LogP contribution is 2.33. The van der Waals surface area contributed by atoms with Gasteiger partial charge in [0.15, 0.2) is 11.5 Å². The number of aromatic nitrogens is 3. The molecule has 0 unspecified atom stereocenters. The molecular formula is C23H18F3N3O2. The summed E-state index contributed by atoms with van der Waals surface area (Å²) in [5, 5.41) is 0. The third-order valence-corrected chi connectivity index (χ3v) is 4.61. The lowest BCUT2D eigenvalue weighted by Crippen LogP contribution is -2.07.